The second-order valence-corrected chi connectivity index (χ2v) is 17.8. The second kappa shape index (κ2) is 16.5. The molecule has 1 unspecified atom stereocenters. The maximum absolute atomic E-state index is 12.1. The summed E-state index contributed by atoms with van der Waals surface area (Å²) in [5.74, 6) is -0.828. The van der Waals surface area contributed by atoms with Gasteiger partial charge in [0.05, 0.1) is 15.8 Å². The molecule has 1 aliphatic carbocycles. The minimum absolute atomic E-state index is 0.102. The van der Waals surface area contributed by atoms with Gasteiger partial charge < -0.3 is 14.9 Å². The maximum Gasteiger partial charge on any atom is 0.303 e. The Kier molecular flexibility index (Phi) is 12.4. The Morgan fingerprint density at radius 2 is 1.41 bits per heavy atom. The highest BCUT2D eigenvalue weighted by atomic mass is 32.2. The van der Waals surface area contributed by atoms with Crippen LogP contribution in [-0.2, 0) is 35.9 Å². The molecule has 10 nitrogen and oxygen atoms in total. The van der Waals surface area contributed by atoms with Gasteiger partial charge >= 0.3 is 5.97 Å². The molecule has 12 heteroatoms. The van der Waals surface area contributed by atoms with Crippen molar-refractivity contribution in [3.05, 3.63) is 132 Å². The summed E-state index contributed by atoms with van der Waals surface area (Å²) in [6.07, 6.45) is 28.0. The quantitative estimate of drug-likeness (QED) is 0.0913. The lowest BCUT2D eigenvalue weighted by atomic mass is 9.80. The van der Waals surface area contributed by atoms with Gasteiger partial charge in [-0.2, -0.15) is 16.8 Å². The van der Waals surface area contributed by atoms with Crippen molar-refractivity contribution in [1.82, 2.24) is 0 Å². The van der Waals surface area contributed by atoms with Gasteiger partial charge in [-0.05, 0) is 84.9 Å². The van der Waals surface area contributed by atoms with E-state index in [0.717, 1.165) is 53.9 Å². The van der Waals surface area contributed by atoms with Crippen molar-refractivity contribution in [2.45, 2.75) is 92.9 Å². The Labute approximate surface area is 319 Å². The Morgan fingerprint density at radius 1 is 0.759 bits per heavy atom. The van der Waals surface area contributed by atoms with Crippen molar-refractivity contribution in [2.75, 3.05) is 22.9 Å². The van der Waals surface area contributed by atoms with Crippen LogP contribution in [0.3, 0.4) is 0 Å². The maximum atomic E-state index is 12.1. The first-order chi connectivity index (χ1) is 25.4. The van der Waals surface area contributed by atoms with Crippen LogP contribution >= 0.6 is 0 Å². The van der Waals surface area contributed by atoms with Gasteiger partial charge in [-0.25, -0.2) is 0 Å². The molecule has 0 aromatic heterocycles. The lowest BCUT2D eigenvalue weighted by Gasteiger charge is -2.32. The van der Waals surface area contributed by atoms with Crippen molar-refractivity contribution in [3.8, 4) is 0 Å². The van der Waals surface area contributed by atoms with Crippen molar-refractivity contribution >= 4 is 37.6 Å². The number of unbranched alkanes of at least 4 members (excludes halogenated alkanes) is 2. The molecule has 0 spiro atoms. The number of anilines is 2. The average molecular weight is 775 g/mol. The number of carbonyl (C=O) groups is 1. The standard InChI is InChI=1S/C42H50N2O8S2/c1-41(2)34-29-32(53(47,48)49)23-25-36(34)43(27-15-9-14-22-40(45)46)38(41)20-12-8-13-21-39-42(3,4)35-30-33(54(50,51)52)24-26-37(35)44(39)28-16-19-31-17-10-6-5-7-11-18-31/h5-8,10-13,17-18,20-21,23-26,29-30,39H,9,14-16,19,22,27-28H2,1-4H3,(H,45,46)(H,47,48,49)(H,50,51,52)/b6-5-,7-5?,10-6?,11-7-,12-8+,17-10?,18-11?,21-13+,31-17?,31-18?,38-20+. The zero-order valence-electron chi connectivity index (χ0n) is 31.2. The number of fused-ring (bicyclic) bond motifs is 2. The number of hydrogen-bond donors (Lipinski definition) is 3. The lowest BCUT2D eigenvalue weighted by Crippen LogP contribution is -2.40. The largest absolute Gasteiger partial charge is 0.481 e. The van der Waals surface area contributed by atoms with Crippen LogP contribution in [0.25, 0.3) is 0 Å². The van der Waals surface area contributed by atoms with Crippen LogP contribution in [0, 0.1) is 0 Å². The zero-order chi connectivity index (χ0) is 39.3. The van der Waals surface area contributed by atoms with E-state index in [2.05, 4.69) is 41.9 Å². The molecule has 3 N–H and O–H groups in total. The summed E-state index contributed by atoms with van der Waals surface area (Å²) in [6.45, 7) is 9.48. The number of allylic oxidation sites excluding steroid dienone is 13. The number of aliphatic carboxylic acids is 1. The topological polar surface area (TPSA) is 153 Å². The molecule has 0 saturated heterocycles. The highest BCUT2D eigenvalue weighted by Crippen LogP contribution is 2.49. The normalized spacial score (nSPS) is 21.0. The number of rotatable bonds is 15. The molecular formula is C42H50N2O8S2. The van der Waals surface area contributed by atoms with Gasteiger partial charge in [-0.3, -0.25) is 13.9 Å². The van der Waals surface area contributed by atoms with Gasteiger partial charge in [0, 0.05) is 47.4 Å². The predicted molar refractivity (Wildman–Crippen MR) is 214 cm³/mol. The summed E-state index contributed by atoms with van der Waals surface area (Å²) in [7, 11) is -8.79. The van der Waals surface area contributed by atoms with E-state index in [1.54, 1.807) is 18.2 Å². The SMILES string of the molecule is CC1(C)\C(=C/C=C/C=C/C2N(CCCC3=C/C=C\C=C/C=C3)c3ccc(S(=O)(=O)O)cc3C2(C)C)N(CCCCCC(=O)O)c2ccc(S(=O)(=O)O)cc21. The first-order valence-electron chi connectivity index (χ1n) is 18.2. The molecule has 0 fully saturated rings. The van der Waals surface area contributed by atoms with Gasteiger partial charge in [0.25, 0.3) is 20.2 Å². The Bertz CT molecular complexity index is 2190. The van der Waals surface area contributed by atoms with Gasteiger partial charge in [-0.1, -0.05) is 101 Å². The molecule has 5 rings (SSSR count). The Balaban J connectivity index is 1.41. The fourth-order valence-corrected chi connectivity index (χ4v) is 8.64. The van der Waals surface area contributed by atoms with Gasteiger partial charge in [0.15, 0.2) is 0 Å². The lowest BCUT2D eigenvalue weighted by molar-refractivity contribution is -0.137. The van der Waals surface area contributed by atoms with Crippen LogP contribution in [0.15, 0.2) is 130 Å². The third kappa shape index (κ3) is 9.23. The van der Waals surface area contributed by atoms with Crippen LogP contribution in [0.5, 0.6) is 0 Å². The molecule has 0 radical (unpaired) electrons. The van der Waals surface area contributed by atoms with E-state index < -0.39 is 37.0 Å². The van der Waals surface area contributed by atoms with E-state index in [4.69, 9.17) is 5.11 Å². The van der Waals surface area contributed by atoms with Crippen LogP contribution < -0.4 is 9.80 Å². The molecule has 54 heavy (non-hydrogen) atoms. The first kappa shape index (κ1) is 40.7. The molecule has 2 heterocycles. The van der Waals surface area contributed by atoms with E-state index in [1.807, 2.05) is 68.5 Å². The van der Waals surface area contributed by atoms with Crippen molar-refractivity contribution < 1.29 is 35.8 Å². The fraction of sp³-hybridized carbons (Fsp3) is 0.357. The Morgan fingerprint density at radius 3 is 2.09 bits per heavy atom. The minimum atomic E-state index is -4.41. The monoisotopic (exact) mass is 774 g/mol. The molecular weight excluding hydrogens is 725 g/mol. The van der Waals surface area contributed by atoms with Crippen LogP contribution in [0.4, 0.5) is 11.4 Å². The molecule has 288 valence electrons. The molecule has 2 aliphatic heterocycles. The van der Waals surface area contributed by atoms with Crippen LogP contribution in [0.2, 0.25) is 0 Å². The number of hydrogen-bond acceptors (Lipinski definition) is 7. The van der Waals surface area contributed by atoms with Gasteiger partial charge in [-0.15, -0.1) is 0 Å². The number of carboxylic acids is 1. The summed E-state index contributed by atoms with van der Waals surface area (Å²) in [5, 5.41) is 9.06. The van der Waals surface area contributed by atoms with Gasteiger partial charge in [0.2, 0.25) is 0 Å². The number of carboxylic acid groups (broad SMARTS) is 1. The number of benzene rings is 2. The van der Waals surface area contributed by atoms with E-state index in [9.17, 15) is 30.7 Å². The summed E-state index contributed by atoms with van der Waals surface area (Å²) in [4.78, 5) is 15.2. The van der Waals surface area contributed by atoms with Gasteiger partial charge in [0.1, 0.15) is 0 Å². The van der Waals surface area contributed by atoms with Crippen molar-refractivity contribution in [3.63, 3.8) is 0 Å². The van der Waals surface area contributed by atoms with Crippen molar-refractivity contribution in [1.29, 1.82) is 0 Å². The van der Waals surface area contributed by atoms with E-state index in [0.29, 0.717) is 19.5 Å². The van der Waals surface area contributed by atoms with E-state index in [1.165, 1.54) is 23.8 Å². The second-order valence-electron chi connectivity index (χ2n) is 14.9. The van der Waals surface area contributed by atoms with Crippen LogP contribution in [0.1, 0.15) is 77.3 Å². The third-order valence-corrected chi connectivity index (χ3v) is 12.2. The van der Waals surface area contributed by atoms with Crippen LogP contribution in [-0.4, -0.2) is 56.1 Å². The molecule has 1 atom stereocenters. The third-order valence-electron chi connectivity index (χ3n) is 10.5. The molecule has 2 aromatic carbocycles. The van der Waals surface area contributed by atoms with E-state index >= 15 is 0 Å². The zero-order valence-corrected chi connectivity index (χ0v) is 32.9. The highest BCUT2D eigenvalue weighted by Gasteiger charge is 2.44. The molecule has 2 aromatic rings. The summed E-state index contributed by atoms with van der Waals surface area (Å²) >= 11 is 0. The Hall–Kier alpha value is -4.49. The highest BCUT2D eigenvalue weighted by molar-refractivity contribution is 7.86. The average Bonchev–Trinajstić information content (AvgIpc) is 3.42. The number of nitrogens with zero attached hydrogens (tertiary/aromatic N) is 2. The minimum Gasteiger partial charge on any atom is -0.481 e. The summed E-state index contributed by atoms with van der Waals surface area (Å²) < 4.78 is 67.9. The van der Waals surface area contributed by atoms with E-state index in [-0.39, 0.29) is 22.3 Å². The van der Waals surface area contributed by atoms with Crippen molar-refractivity contribution in [2.24, 2.45) is 0 Å². The smallest absolute Gasteiger partial charge is 0.303 e. The first-order valence-corrected chi connectivity index (χ1v) is 21.1. The molecule has 0 bridgehead atoms. The molecule has 0 amide bonds. The predicted octanol–water partition coefficient (Wildman–Crippen LogP) is 8.47. The summed E-state index contributed by atoms with van der Waals surface area (Å²) in [6, 6.07) is 9.31. The summed E-state index contributed by atoms with van der Waals surface area (Å²) in [5.41, 5.74) is 4.41. The fourth-order valence-electron chi connectivity index (χ4n) is 7.63. The molecule has 0 saturated carbocycles. The molecule has 3 aliphatic rings.